The molecule has 2 N–H and O–H groups in total. The van der Waals surface area contributed by atoms with Crippen molar-refractivity contribution < 1.29 is 23.7 Å². The molecule has 3 aromatic rings. The van der Waals surface area contributed by atoms with Gasteiger partial charge in [-0.05, 0) is 30.3 Å². The van der Waals surface area contributed by atoms with Gasteiger partial charge in [0.2, 0.25) is 0 Å². The summed E-state index contributed by atoms with van der Waals surface area (Å²) < 4.78 is 33.7. The standard InChI is InChI=1S/C17H14F2N2O3/c18-11-1-3-14(19)13(9-11)15-4-2-12(10-20-15)24-8-7-21-16(22)5-6-17(21)23/h1-6,9-10,22-23H,7-8H2. The van der Waals surface area contributed by atoms with Crippen LogP contribution in [0.3, 0.4) is 0 Å². The van der Waals surface area contributed by atoms with Crippen molar-refractivity contribution in [2.45, 2.75) is 6.54 Å². The monoisotopic (exact) mass is 332 g/mol. The molecule has 0 fully saturated rings. The van der Waals surface area contributed by atoms with Crippen LogP contribution in [-0.4, -0.2) is 26.4 Å². The van der Waals surface area contributed by atoms with Gasteiger partial charge >= 0.3 is 0 Å². The third kappa shape index (κ3) is 3.29. The third-order valence-corrected chi connectivity index (χ3v) is 3.46. The normalized spacial score (nSPS) is 10.8. The second-order valence-electron chi connectivity index (χ2n) is 5.05. The van der Waals surface area contributed by atoms with Crippen molar-refractivity contribution in [3.8, 4) is 28.8 Å². The second-order valence-corrected chi connectivity index (χ2v) is 5.05. The van der Waals surface area contributed by atoms with E-state index in [2.05, 4.69) is 4.98 Å². The van der Waals surface area contributed by atoms with Crippen molar-refractivity contribution >= 4 is 0 Å². The Morgan fingerprint density at radius 2 is 1.75 bits per heavy atom. The maximum Gasteiger partial charge on any atom is 0.193 e. The molecule has 0 aliphatic rings. The number of rotatable bonds is 5. The zero-order chi connectivity index (χ0) is 17.1. The molecule has 0 saturated carbocycles. The summed E-state index contributed by atoms with van der Waals surface area (Å²) in [7, 11) is 0. The minimum absolute atomic E-state index is 0.0637. The Balaban J connectivity index is 1.66. The van der Waals surface area contributed by atoms with Gasteiger partial charge in [-0.3, -0.25) is 9.55 Å². The molecule has 0 aliphatic carbocycles. The first-order valence-corrected chi connectivity index (χ1v) is 7.16. The van der Waals surface area contributed by atoms with E-state index < -0.39 is 11.6 Å². The number of nitrogens with zero attached hydrogens (tertiary/aromatic N) is 2. The van der Waals surface area contributed by atoms with Gasteiger partial charge in [0.25, 0.3) is 0 Å². The summed E-state index contributed by atoms with van der Waals surface area (Å²) >= 11 is 0. The highest BCUT2D eigenvalue weighted by atomic mass is 19.1. The van der Waals surface area contributed by atoms with Gasteiger partial charge in [-0.25, -0.2) is 8.78 Å². The number of hydrogen-bond donors (Lipinski definition) is 2. The summed E-state index contributed by atoms with van der Waals surface area (Å²) in [4.78, 5) is 4.06. The van der Waals surface area contributed by atoms with Crippen LogP contribution in [0.2, 0.25) is 0 Å². The zero-order valence-electron chi connectivity index (χ0n) is 12.5. The topological polar surface area (TPSA) is 67.5 Å². The Kier molecular flexibility index (Phi) is 4.33. The lowest BCUT2D eigenvalue weighted by atomic mass is 10.1. The lowest BCUT2D eigenvalue weighted by Crippen LogP contribution is -2.07. The van der Waals surface area contributed by atoms with E-state index in [4.69, 9.17) is 4.74 Å². The average Bonchev–Trinajstić information content (AvgIpc) is 2.90. The average molecular weight is 332 g/mol. The molecule has 2 heterocycles. The maximum atomic E-state index is 13.7. The quantitative estimate of drug-likeness (QED) is 0.752. The van der Waals surface area contributed by atoms with Crippen molar-refractivity contribution in [3.05, 3.63) is 60.3 Å². The van der Waals surface area contributed by atoms with Crippen LogP contribution >= 0.6 is 0 Å². The molecule has 5 nitrogen and oxygen atoms in total. The smallest absolute Gasteiger partial charge is 0.193 e. The molecule has 0 amide bonds. The number of aromatic nitrogens is 2. The van der Waals surface area contributed by atoms with Gasteiger partial charge in [-0.2, -0.15) is 0 Å². The largest absolute Gasteiger partial charge is 0.494 e. The maximum absolute atomic E-state index is 13.7. The fourth-order valence-electron chi connectivity index (χ4n) is 2.25. The van der Waals surface area contributed by atoms with Crippen molar-refractivity contribution in [3.63, 3.8) is 0 Å². The number of aromatic hydroxyl groups is 2. The predicted molar refractivity (Wildman–Crippen MR) is 82.8 cm³/mol. The summed E-state index contributed by atoms with van der Waals surface area (Å²) in [6, 6.07) is 9.03. The van der Waals surface area contributed by atoms with Crippen LogP contribution in [0.1, 0.15) is 0 Å². The van der Waals surface area contributed by atoms with Crippen LogP contribution in [0.4, 0.5) is 8.78 Å². The van der Waals surface area contributed by atoms with E-state index in [1.165, 1.54) is 29.0 Å². The van der Waals surface area contributed by atoms with Gasteiger partial charge in [0, 0.05) is 17.7 Å². The lowest BCUT2D eigenvalue weighted by Gasteiger charge is -2.09. The van der Waals surface area contributed by atoms with Gasteiger partial charge in [-0.15, -0.1) is 0 Å². The highest BCUT2D eigenvalue weighted by molar-refractivity contribution is 5.60. The SMILES string of the molecule is Oc1ccc(O)n1CCOc1ccc(-c2cc(F)ccc2F)nc1. The van der Waals surface area contributed by atoms with Crippen molar-refractivity contribution in [1.29, 1.82) is 0 Å². The molecule has 24 heavy (non-hydrogen) atoms. The number of benzene rings is 1. The Labute approximate surface area is 136 Å². The molecule has 0 aliphatic heterocycles. The zero-order valence-corrected chi connectivity index (χ0v) is 12.5. The van der Waals surface area contributed by atoms with E-state index in [-0.39, 0.29) is 30.5 Å². The number of ether oxygens (including phenoxy) is 1. The first-order chi connectivity index (χ1) is 11.5. The van der Waals surface area contributed by atoms with Crippen LogP contribution in [-0.2, 0) is 6.54 Å². The van der Waals surface area contributed by atoms with Crippen LogP contribution in [0.15, 0.2) is 48.7 Å². The van der Waals surface area contributed by atoms with E-state index in [1.54, 1.807) is 6.07 Å². The highest BCUT2D eigenvalue weighted by Gasteiger charge is 2.09. The van der Waals surface area contributed by atoms with Gasteiger partial charge in [0.05, 0.1) is 18.4 Å². The summed E-state index contributed by atoms with van der Waals surface area (Å²) in [5.41, 5.74) is 0.365. The molecule has 0 spiro atoms. The molecule has 1 aromatic carbocycles. The Morgan fingerprint density at radius 1 is 1.00 bits per heavy atom. The van der Waals surface area contributed by atoms with Crippen LogP contribution in [0.25, 0.3) is 11.3 Å². The predicted octanol–water partition coefficient (Wildman–Crippen LogP) is 3.32. The summed E-state index contributed by atoms with van der Waals surface area (Å²) in [5.74, 6) is -0.796. The summed E-state index contributed by atoms with van der Waals surface area (Å²) in [6.45, 7) is 0.427. The third-order valence-electron chi connectivity index (χ3n) is 3.46. The van der Waals surface area contributed by atoms with E-state index in [0.29, 0.717) is 11.4 Å². The lowest BCUT2D eigenvalue weighted by molar-refractivity contribution is 0.274. The molecule has 0 radical (unpaired) electrons. The number of halogens is 2. The highest BCUT2D eigenvalue weighted by Crippen LogP contribution is 2.24. The minimum atomic E-state index is -0.559. The Hall–Kier alpha value is -3.09. The van der Waals surface area contributed by atoms with Crippen LogP contribution in [0.5, 0.6) is 17.5 Å². The molecular formula is C17H14F2N2O3. The van der Waals surface area contributed by atoms with Gasteiger partial charge in [0.1, 0.15) is 24.0 Å². The van der Waals surface area contributed by atoms with Crippen LogP contribution in [0, 0.1) is 11.6 Å². The van der Waals surface area contributed by atoms with Crippen molar-refractivity contribution in [1.82, 2.24) is 9.55 Å². The molecule has 2 aromatic heterocycles. The van der Waals surface area contributed by atoms with E-state index in [9.17, 15) is 19.0 Å². The van der Waals surface area contributed by atoms with Crippen molar-refractivity contribution in [2.24, 2.45) is 0 Å². The molecule has 0 unspecified atom stereocenters. The summed E-state index contributed by atoms with van der Waals surface area (Å²) in [6.07, 6.45) is 1.40. The van der Waals surface area contributed by atoms with E-state index >= 15 is 0 Å². The molecule has 0 bridgehead atoms. The van der Waals surface area contributed by atoms with Crippen LogP contribution < -0.4 is 4.74 Å². The van der Waals surface area contributed by atoms with E-state index in [1.807, 2.05) is 0 Å². The van der Waals surface area contributed by atoms with Crippen molar-refractivity contribution in [2.75, 3.05) is 6.61 Å². The first kappa shape index (κ1) is 15.8. The van der Waals surface area contributed by atoms with Gasteiger partial charge in [-0.1, -0.05) is 0 Å². The first-order valence-electron chi connectivity index (χ1n) is 7.16. The number of pyridine rings is 1. The van der Waals surface area contributed by atoms with E-state index in [0.717, 1.165) is 18.2 Å². The summed E-state index contributed by atoms with van der Waals surface area (Å²) in [5, 5.41) is 19.0. The molecule has 3 rings (SSSR count). The van der Waals surface area contributed by atoms with Gasteiger partial charge < -0.3 is 14.9 Å². The minimum Gasteiger partial charge on any atom is -0.494 e. The Morgan fingerprint density at radius 3 is 2.42 bits per heavy atom. The molecule has 0 atom stereocenters. The molecule has 7 heteroatoms. The molecule has 124 valence electrons. The fraction of sp³-hybridized carbons (Fsp3) is 0.118. The molecular weight excluding hydrogens is 318 g/mol. The fourth-order valence-corrected chi connectivity index (χ4v) is 2.25. The molecule has 0 saturated heterocycles. The van der Waals surface area contributed by atoms with Gasteiger partial charge in [0.15, 0.2) is 11.8 Å². The second kappa shape index (κ2) is 6.57. The number of hydrogen-bond acceptors (Lipinski definition) is 4. The Bertz CT molecular complexity index is 828.